The van der Waals surface area contributed by atoms with Crippen LogP contribution in [0.15, 0.2) is 48.5 Å². The Bertz CT molecular complexity index is 822. The van der Waals surface area contributed by atoms with Gasteiger partial charge in [-0.1, -0.05) is 30.3 Å². The Morgan fingerprint density at radius 3 is 2.61 bits per heavy atom. The molecular weight excluding hydrogens is 362 g/mol. The molecule has 8 nitrogen and oxygen atoms in total. The molecule has 1 unspecified atom stereocenters. The molecule has 2 aromatic rings. The molecule has 0 spiro atoms. The minimum Gasteiger partial charge on any atom is -0.465 e. The van der Waals surface area contributed by atoms with E-state index in [9.17, 15) is 14.9 Å². The third kappa shape index (κ3) is 4.65. The van der Waals surface area contributed by atoms with Gasteiger partial charge in [-0.25, -0.2) is 4.79 Å². The van der Waals surface area contributed by atoms with E-state index in [0.29, 0.717) is 25.4 Å². The van der Waals surface area contributed by atoms with Gasteiger partial charge in [-0.15, -0.1) is 0 Å². The SMILES string of the molecule is COC(=O)c1cc(NCC(c2ccccc2)N2CCOCC2)ccc1[N+](=O)[O-]. The summed E-state index contributed by atoms with van der Waals surface area (Å²) in [5, 5.41) is 14.5. The first kappa shape index (κ1) is 19.8. The molecule has 0 amide bonds. The van der Waals surface area contributed by atoms with E-state index in [-0.39, 0.29) is 17.3 Å². The van der Waals surface area contributed by atoms with Gasteiger partial charge in [-0.2, -0.15) is 0 Å². The number of rotatable bonds is 7. The van der Waals surface area contributed by atoms with E-state index in [1.807, 2.05) is 18.2 Å². The number of nitro groups is 1. The molecular formula is C20H23N3O5. The highest BCUT2D eigenvalue weighted by molar-refractivity contribution is 5.95. The molecule has 28 heavy (non-hydrogen) atoms. The minimum absolute atomic E-state index is 0.0693. The smallest absolute Gasteiger partial charge is 0.344 e. The van der Waals surface area contributed by atoms with Crippen molar-refractivity contribution >= 4 is 17.3 Å². The second-order valence-corrected chi connectivity index (χ2v) is 6.44. The normalized spacial score (nSPS) is 15.6. The van der Waals surface area contributed by atoms with Gasteiger partial charge >= 0.3 is 5.97 Å². The highest BCUT2D eigenvalue weighted by Gasteiger charge is 2.24. The number of benzene rings is 2. The number of carbonyl (C=O) groups is 1. The van der Waals surface area contributed by atoms with Gasteiger partial charge in [0.05, 0.1) is 31.3 Å². The number of hydrogen-bond acceptors (Lipinski definition) is 7. The second kappa shape index (κ2) is 9.29. The first-order valence-electron chi connectivity index (χ1n) is 9.07. The number of esters is 1. The van der Waals surface area contributed by atoms with Gasteiger partial charge in [-0.3, -0.25) is 15.0 Å². The average molecular weight is 385 g/mol. The van der Waals surface area contributed by atoms with Gasteiger partial charge in [-0.05, 0) is 17.7 Å². The molecule has 0 aromatic heterocycles. The van der Waals surface area contributed by atoms with E-state index in [1.54, 1.807) is 6.07 Å². The highest BCUT2D eigenvalue weighted by Crippen LogP contribution is 2.26. The Morgan fingerprint density at radius 1 is 1.25 bits per heavy atom. The van der Waals surface area contributed by atoms with Crippen LogP contribution >= 0.6 is 0 Å². The predicted octanol–water partition coefficient (Wildman–Crippen LogP) is 2.87. The van der Waals surface area contributed by atoms with Crippen LogP contribution < -0.4 is 5.32 Å². The highest BCUT2D eigenvalue weighted by atomic mass is 16.6. The summed E-state index contributed by atoms with van der Waals surface area (Å²) in [5.74, 6) is -0.733. The van der Waals surface area contributed by atoms with Crippen LogP contribution in [0.25, 0.3) is 0 Å². The summed E-state index contributed by atoms with van der Waals surface area (Å²) in [4.78, 5) is 24.9. The molecule has 0 saturated carbocycles. The van der Waals surface area contributed by atoms with Crippen LogP contribution in [0.3, 0.4) is 0 Å². The molecule has 0 radical (unpaired) electrons. The first-order valence-corrected chi connectivity index (χ1v) is 9.07. The van der Waals surface area contributed by atoms with Gasteiger partial charge in [0, 0.05) is 31.4 Å². The van der Waals surface area contributed by atoms with Crippen LogP contribution in [0.5, 0.6) is 0 Å². The number of ether oxygens (including phenoxy) is 2. The van der Waals surface area contributed by atoms with E-state index in [0.717, 1.165) is 13.1 Å². The zero-order valence-corrected chi connectivity index (χ0v) is 15.7. The summed E-state index contributed by atoms with van der Waals surface area (Å²) >= 11 is 0. The summed E-state index contributed by atoms with van der Waals surface area (Å²) < 4.78 is 10.1. The molecule has 1 saturated heterocycles. The zero-order chi connectivity index (χ0) is 19.9. The number of carbonyl (C=O) groups excluding carboxylic acids is 1. The fourth-order valence-electron chi connectivity index (χ4n) is 3.32. The number of hydrogen-bond donors (Lipinski definition) is 1. The molecule has 0 bridgehead atoms. The minimum atomic E-state index is -0.733. The van der Waals surface area contributed by atoms with Crippen LogP contribution in [0, 0.1) is 10.1 Å². The molecule has 1 fully saturated rings. The summed E-state index contributed by atoms with van der Waals surface area (Å²) in [6, 6.07) is 14.6. The third-order valence-corrected chi connectivity index (χ3v) is 4.77. The lowest BCUT2D eigenvalue weighted by molar-refractivity contribution is -0.385. The number of nitrogens with one attached hydrogen (secondary N) is 1. The molecule has 1 aliphatic heterocycles. The van der Waals surface area contributed by atoms with Gasteiger partial charge in [0.25, 0.3) is 5.69 Å². The standard InChI is InChI=1S/C20H23N3O5/c1-27-20(24)17-13-16(7-8-18(17)23(25)26)21-14-19(15-5-3-2-4-6-15)22-9-11-28-12-10-22/h2-8,13,19,21H,9-12,14H2,1H3. The topological polar surface area (TPSA) is 93.9 Å². The maximum atomic E-state index is 11.9. The lowest BCUT2D eigenvalue weighted by atomic mass is 10.0. The molecule has 8 heteroatoms. The molecule has 2 aromatic carbocycles. The molecule has 148 valence electrons. The Morgan fingerprint density at radius 2 is 1.96 bits per heavy atom. The fourth-order valence-corrected chi connectivity index (χ4v) is 3.32. The van der Waals surface area contributed by atoms with Crippen LogP contribution in [-0.4, -0.2) is 55.8 Å². The average Bonchev–Trinajstić information content (AvgIpc) is 2.74. The van der Waals surface area contributed by atoms with Gasteiger partial charge < -0.3 is 14.8 Å². The summed E-state index contributed by atoms with van der Waals surface area (Å²) in [5.41, 5.74) is 1.46. The predicted molar refractivity (Wildman–Crippen MR) is 105 cm³/mol. The molecule has 3 rings (SSSR count). The number of morpholine rings is 1. The van der Waals surface area contributed by atoms with E-state index < -0.39 is 10.9 Å². The number of nitro benzene ring substituents is 1. The maximum absolute atomic E-state index is 11.9. The van der Waals surface area contributed by atoms with Gasteiger partial charge in [0.15, 0.2) is 0 Å². The Hall–Kier alpha value is -2.97. The molecule has 1 N–H and O–H groups in total. The monoisotopic (exact) mass is 385 g/mol. The zero-order valence-electron chi connectivity index (χ0n) is 15.7. The number of methoxy groups -OCH3 is 1. The van der Waals surface area contributed by atoms with Crippen molar-refractivity contribution in [2.24, 2.45) is 0 Å². The quantitative estimate of drug-likeness (QED) is 0.445. The Kier molecular flexibility index (Phi) is 6.57. The van der Waals surface area contributed by atoms with E-state index in [2.05, 4.69) is 27.1 Å². The number of nitrogens with zero attached hydrogens (tertiary/aromatic N) is 2. The second-order valence-electron chi connectivity index (χ2n) is 6.44. The number of anilines is 1. The fraction of sp³-hybridized carbons (Fsp3) is 0.350. The lowest BCUT2D eigenvalue weighted by Gasteiger charge is -2.35. The first-order chi connectivity index (χ1) is 13.6. The maximum Gasteiger partial charge on any atom is 0.344 e. The van der Waals surface area contributed by atoms with Crippen LogP contribution in [0.4, 0.5) is 11.4 Å². The summed E-state index contributed by atoms with van der Waals surface area (Å²) in [7, 11) is 1.20. The Balaban J connectivity index is 1.81. The molecule has 1 heterocycles. The van der Waals surface area contributed by atoms with E-state index in [1.165, 1.54) is 24.8 Å². The molecule has 0 aliphatic carbocycles. The molecule has 1 aliphatic rings. The third-order valence-electron chi connectivity index (χ3n) is 4.77. The van der Waals surface area contributed by atoms with Crippen LogP contribution in [-0.2, 0) is 9.47 Å². The largest absolute Gasteiger partial charge is 0.465 e. The van der Waals surface area contributed by atoms with Crippen molar-refractivity contribution in [3.63, 3.8) is 0 Å². The van der Waals surface area contributed by atoms with Crippen molar-refractivity contribution in [3.05, 3.63) is 69.8 Å². The van der Waals surface area contributed by atoms with Crippen molar-refractivity contribution in [2.75, 3.05) is 45.3 Å². The van der Waals surface area contributed by atoms with Crippen molar-refractivity contribution in [2.45, 2.75) is 6.04 Å². The lowest BCUT2D eigenvalue weighted by Crippen LogP contribution is -2.41. The molecule has 1 atom stereocenters. The van der Waals surface area contributed by atoms with Gasteiger partial charge in [0.1, 0.15) is 5.56 Å². The Labute approximate surface area is 163 Å². The van der Waals surface area contributed by atoms with Crippen molar-refractivity contribution in [3.8, 4) is 0 Å². The van der Waals surface area contributed by atoms with Crippen LogP contribution in [0.2, 0.25) is 0 Å². The van der Waals surface area contributed by atoms with Crippen molar-refractivity contribution in [1.82, 2.24) is 4.90 Å². The summed E-state index contributed by atoms with van der Waals surface area (Å²) in [6.45, 7) is 3.62. The van der Waals surface area contributed by atoms with Crippen LogP contribution in [0.1, 0.15) is 22.0 Å². The van der Waals surface area contributed by atoms with Crippen molar-refractivity contribution < 1.29 is 19.2 Å². The van der Waals surface area contributed by atoms with Gasteiger partial charge in [0.2, 0.25) is 0 Å². The van der Waals surface area contributed by atoms with E-state index >= 15 is 0 Å². The summed E-state index contributed by atoms with van der Waals surface area (Å²) in [6.07, 6.45) is 0. The van der Waals surface area contributed by atoms with Crippen molar-refractivity contribution in [1.29, 1.82) is 0 Å². The van der Waals surface area contributed by atoms with E-state index in [4.69, 9.17) is 4.74 Å².